The third kappa shape index (κ3) is 2.75. The first-order chi connectivity index (χ1) is 12.5. The molecular weight excluding hydrogens is 344 g/mol. The quantitative estimate of drug-likeness (QED) is 0.733. The third-order valence-electron chi connectivity index (χ3n) is 6.02. The van der Waals surface area contributed by atoms with Crippen molar-refractivity contribution in [3.8, 4) is 0 Å². The van der Waals surface area contributed by atoms with Crippen LogP contribution in [0.5, 0.6) is 0 Å². The molecule has 0 aliphatic heterocycles. The van der Waals surface area contributed by atoms with E-state index in [0.717, 1.165) is 28.4 Å². The van der Waals surface area contributed by atoms with Crippen molar-refractivity contribution in [1.82, 2.24) is 9.88 Å². The van der Waals surface area contributed by atoms with Gasteiger partial charge in [0.1, 0.15) is 0 Å². The Balaban J connectivity index is 1.74. The minimum atomic E-state index is -0.0525. The van der Waals surface area contributed by atoms with Gasteiger partial charge in [-0.05, 0) is 30.4 Å². The number of aromatic nitrogens is 1. The smallest absolute Gasteiger partial charge is 0.261 e. The third-order valence-corrected chi connectivity index (χ3v) is 7.19. The van der Waals surface area contributed by atoms with Gasteiger partial charge in [-0.3, -0.25) is 9.59 Å². The molecule has 1 aromatic carbocycles. The van der Waals surface area contributed by atoms with E-state index in [9.17, 15) is 9.59 Å². The Labute approximate surface area is 156 Å². The summed E-state index contributed by atoms with van der Waals surface area (Å²) in [5, 5.41) is 4.87. The molecule has 1 fully saturated rings. The SMILES string of the molecule is CC1CCCC(NC(=O)c2cc3c(=O)n(C)c4ccccc4c3s2)C1C. The van der Waals surface area contributed by atoms with Crippen molar-refractivity contribution < 1.29 is 4.79 Å². The monoisotopic (exact) mass is 368 g/mol. The molecule has 3 aromatic rings. The van der Waals surface area contributed by atoms with Gasteiger partial charge in [0.2, 0.25) is 0 Å². The number of aryl methyl sites for hydroxylation is 1. The molecular formula is C21H24N2O2S. The molecule has 26 heavy (non-hydrogen) atoms. The normalized spacial score (nSPS) is 23.4. The summed E-state index contributed by atoms with van der Waals surface area (Å²) in [5.74, 6) is 1.06. The average Bonchev–Trinajstić information content (AvgIpc) is 3.09. The molecule has 1 amide bonds. The lowest BCUT2D eigenvalue weighted by Crippen LogP contribution is -2.43. The van der Waals surface area contributed by atoms with E-state index in [1.165, 1.54) is 17.8 Å². The van der Waals surface area contributed by atoms with Crippen LogP contribution in [0.1, 0.15) is 42.8 Å². The van der Waals surface area contributed by atoms with E-state index in [-0.39, 0.29) is 17.5 Å². The van der Waals surface area contributed by atoms with E-state index >= 15 is 0 Å². The number of fused-ring (bicyclic) bond motifs is 3. The van der Waals surface area contributed by atoms with Crippen LogP contribution in [0.2, 0.25) is 0 Å². The summed E-state index contributed by atoms with van der Waals surface area (Å²) in [6.45, 7) is 4.49. The second-order valence-corrected chi connectivity index (χ2v) is 8.63. The van der Waals surface area contributed by atoms with Crippen LogP contribution in [0.15, 0.2) is 35.1 Å². The van der Waals surface area contributed by atoms with E-state index in [2.05, 4.69) is 19.2 Å². The van der Waals surface area contributed by atoms with Crippen molar-refractivity contribution in [2.45, 2.75) is 39.2 Å². The van der Waals surface area contributed by atoms with Crippen LogP contribution >= 0.6 is 11.3 Å². The Morgan fingerprint density at radius 2 is 1.96 bits per heavy atom. The number of rotatable bonds is 2. The number of hydrogen-bond donors (Lipinski definition) is 1. The molecule has 1 aliphatic carbocycles. The van der Waals surface area contributed by atoms with Gasteiger partial charge in [-0.2, -0.15) is 0 Å². The molecule has 2 aromatic heterocycles. The molecule has 0 saturated heterocycles. The molecule has 2 heterocycles. The second-order valence-electron chi connectivity index (χ2n) is 7.58. The average molecular weight is 369 g/mol. The topological polar surface area (TPSA) is 51.1 Å². The lowest BCUT2D eigenvalue weighted by atomic mass is 9.78. The Hall–Kier alpha value is -2.14. The first kappa shape index (κ1) is 17.3. The zero-order valence-corrected chi connectivity index (χ0v) is 16.2. The van der Waals surface area contributed by atoms with E-state index < -0.39 is 0 Å². The van der Waals surface area contributed by atoms with Crippen molar-refractivity contribution in [1.29, 1.82) is 0 Å². The number of carbonyl (C=O) groups excluding carboxylic acids is 1. The van der Waals surface area contributed by atoms with Gasteiger partial charge in [0.15, 0.2) is 0 Å². The summed E-state index contributed by atoms with van der Waals surface area (Å²) < 4.78 is 2.57. The highest BCUT2D eigenvalue weighted by Crippen LogP contribution is 2.32. The molecule has 4 nitrogen and oxygen atoms in total. The van der Waals surface area contributed by atoms with Crippen LogP contribution in [0.4, 0.5) is 0 Å². The van der Waals surface area contributed by atoms with Gasteiger partial charge in [-0.15, -0.1) is 11.3 Å². The number of amides is 1. The maximum absolute atomic E-state index is 12.9. The van der Waals surface area contributed by atoms with Crippen molar-refractivity contribution in [3.05, 3.63) is 45.6 Å². The molecule has 4 rings (SSSR count). The fourth-order valence-electron chi connectivity index (χ4n) is 4.14. The predicted octanol–water partition coefficient (Wildman–Crippen LogP) is 4.31. The Bertz CT molecular complexity index is 1050. The van der Waals surface area contributed by atoms with Gasteiger partial charge in [0.25, 0.3) is 11.5 Å². The lowest BCUT2D eigenvalue weighted by molar-refractivity contribution is 0.0895. The molecule has 3 unspecified atom stereocenters. The van der Waals surface area contributed by atoms with Crippen molar-refractivity contribution in [2.24, 2.45) is 18.9 Å². The van der Waals surface area contributed by atoms with E-state index in [4.69, 9.17) is 0 Å². The minimum absolute atomic E-state index is 0.0475. The number of para-hydroxylation sites is 1. The maximum atomic E-state index is 12.9. The molecule has 1 N–H and O–H groups in total. The maximum Gasteiger partial charge on any atom is 0.261 e. The van der Waals surface area contributed by atoms with Gasteiger partial charge >= 0.3 is 0 Å². The van der Waals surface area contributed by atoms with E-state index in [0.29, 0.717) is 22.1 Å². The highest BCUT2D eigenvalue weighted by Gasteiger charge is 2.29. The highest BCUT2D eigenvalue weighted by molar-refractivity contribution is 7.21. The van der Waals surface area contributed by atoms with Crippen LogP contribution in [-0.4, -0.2) is 16.5 Å². The number of pyridine rings is 1. The standard InChI is InChI=1S/C21H24N2O2S/c1-12-7-6-9-16(13(12)2)22-20(24)18-11-15-19(26-18)14-8-4-5-10-17(14)23(3)21(15)25/h4-5,8,10-13,16H,6-7,9H2,1-3H3,(H,22,24). The van der Waals surface area contributed by atoms with E-state index in [1.807, 2.05) is 24.3 Å². The molecule has 3 atom stereocenters. The van der Waals surface area contributed by atoms with Crippen LogP contribution in [0.25, 0.3) is 21.0 Å². The first-order valence-electron chi connectivity index (χ1n) is 9.29. The Morgan fingerprint density at radius 3 is 2.77 bits per heavy atom. The number of thiophene rings is 1. The van der Waals surface area contributed by atoms with Gasteiger partial charge in [-0.1, -0.05) is 44.9 Å². The van der Waals surface area contributed by atoms with Crippen LogP contribution in [0, 0.1) is 11.8 Å². The Morgan fingerprint density at radius 1 is 1.19 bits per heavy atom. The summed E-state index contributed by atoms with van der Waals surface area (Å²) in [6.07, 6.45) is 3.43. The first-order valence-corrected chi connectivity index (χ1v) is 10.1. The number of hydrogen-bond acceptors (Lipinski definition) is 3. The minimum Gasteiger partial charge on any atom is -0.348 e. The number of nitrogens with zero attached hydrogens (tertiary/aromatic N) is 1. The van der Waals surface area contributed by atoms with Crippen LogP contribution in [0.3, 0.4) is 0 Å². The van der Waals surface area contributed by atoms with Crippen LogP contribution < -0.4 is 10.9 Å². The van der Waals surface area contributed by atoms with Gasteiger partial charge in [0.05, 0.1) is 15.8 Å². The molecule has 0 radical (unpaired) electrons. The van der Waals surface area contributed by atoms with Gasteiger partial charge in [0, 0.05) is 23.2 Å². The second kappa shape index (κ2) is 6.54. The van der Waals surface area contributed by atoms with E-state index in [1.54, 1.807) is 17.7 Å². The molecule has 0 spiro atoms. The van der Waals surface area contributed by atoms with Gasteiger partial charge in [-0.25, -0.2) is 0 Å². The number of nitrogens with one attached hydrogen (secondary N) is 1. The number of carbonyl (C=O) groups is 1. The fourth-order valence-corrected chi connectivity index (χ4v) is 5.22. The molecule has 1 aliphatic rings. The largest absolute Gasteiger partial charge is 0.348 e. The Kier molecular flexibility index (Phi) is 4.35. The summed E-state index contributed by atoms with van der Waals surface area (Å²) in [5.41, 5.74) is 0.849. The highest BCUT2D eigenvalue weighted by atomic mass is 32.1. The van der Waals surface area contributed by atoms with Crippen molar-refractivity contribution in [2.75, 3.05) is 0 Å². The fraction of sp³-hybridized carbons (Fsp3) is 0.429. The van der Waals surface area contributed by atoms with Crippen molar-refractivity contribution in [3.63, 3.8) is 0 Å². The van der Waals surface area contributed by atoms with Crippen LogP contribution in [-0.2, 0) is 7.05 Å². The predicted molar refractivity (Wildman–Crippen MR) is 108 cm³/mol. The van der Waals surface area contributed by atoms with Crippen molar-refractivity contribution >= 4 is 38.2 Å². The zero-order valence-electron chi connectivity index (χ0n) is 15.4. The molecule has 0 bridgehead atoms. The summed E-state index contributed by atoms with van der Waals surface area (Å²) in [7, 11) is 1.78. The number of benzene rings is 1. The van der Waals surface area contributed by atoms with Gasteiger partial charge < -0.3 is 9.88 Å². The summed E-state index contributed by atoms with van der Waals surface area (Å²) in [6, 6.07) is 9.84. The zero-order chi connectivity index (χ0) is 18.4. The molecule has 5 heteroatoms. The summed E-state index contributed by atoms with van der Waals surface area (Å²) in [4.78, 5) is 26.2. The lowest BCUT2D eigenvalue weighted by Gasteiger charge is -2.34. The molecule has 1 saturated carbocycles. The molecule has 136 valence electrons. The summed E-state index contributed by atoms with van der Waals surface area (Å²) >= 11 is 1.42.